The molecule has 0 radical (unpaired) electrons. The summed E-state index contributed by atoms with van der Waals surface area (Å²) in [6, 6.07) is 10.2. The molecule has 90 valence electrons. The van der Waals surface area contributed by atoms with Crippen molar-refractivity contribution in [3.05, 3.63) is 36.0 Å². The quantitative estimate of drug-likeness (QED) is 0.837. The van der Waals surface area contributed by atoms with E-state index in [1.165, 1.54) is 0 Å². The second kappa shape index (κ2) is 6.07. The third-order valence-electron chi connectivity index (χ3n) is 2.51. The molecule has 0 saturated heterocycles. The Morgan fingerprint density at radius 1 is 1.29 bits per heavy atom. The second-order valence-corrected chi connectivity index (χ2v) is 5.81. The van der Waals surface area contributed by atoms with Crippen LogP contribution >= 0.6 is 23.1 Å². The lowest BCUT2D eigenvalue weighted by Gasteiger charge is -1.96. The first-order valence-electron chi connectivity index (χ1n) is 5.61. The van der Waals surface area contributed by atoms with Crippen LogP contribution in [0.25, 0.3) is 10.6 Å². The molecule has 1 aromatic heterocycles. The molecule has 0 aliphatic rings. The van der Waals surface area contributed by atoms with E-state index in [0.29, 0.717) is 0 Å². The van der Waals surface area contributed by atoms with Crippen LogP contribution in [0.15, 0.2) is 30.3 Å². The third kappa shape index (κ3) is 3.23. The van der Waals surface area contributed by atoms with Gasteiger partial charge < -0.3 is 5.73 Å². The molecule has 0 atom stereocenters. The molecule has 0 amide bonds. The molecule has 2 rings (SSSR count). The van der Waals surface area contributed by atoms with Crippen LogP contribution in [0.3, 0.4) is 0 Å². The standard InChI is InChI=1S/C13H16N2S2/c1-16-9-5-8-11-12(14)17-13(15-11)10-6-3-2-4-7-10/h2-4,6-7H,5,8-9,14H2,1H3. The summed E-state index contributed by atoms with van der Waals surface area (Å²) in [6.45, 7) is 0. The van der Waals surface area contributed by atoms with E-state index in [2.05, 4.69) is 23.4 Å². The average molecular weight is 264 g/mol. The summed E-state index contributed by atoms with van der Waals surface area (Å²) in [5.41, 5.74) is 8.22. The number of thiazole rings is 1. The average Bonchev–Trinajstić information content (AvgIpc) is 2.73. The molecular weight excluding hydrogens is 248 g/mol. The van der Waals surface area contributed by atoms with Crippen LogP contribution in [0, 0.1) is 0 Å². The molecule has 0 unspecified atom stereocenters. The summed E-state index contributed by atoms with van der Waals surface area (Å²) >= 11 is 3.45. The number of hydrogen-bond donors (Lipinski definition) is 1. The predicted octanol–water partition coefficient (Wildman–Crippen LogP) is 3.69. The van der Waals surface area contributed by atoms with E-state index in [1.54, 1.807) is 11.3 Å². The van der Waals surface area contributed by atoms with E-state index >= 15 is 0 Å². The summed E-state index contributed by atoms with van der Waals surface area (Å²) < 4.78 is 0. The summed E-state index contributed by atoms with van der Waals surface area (Å²) in [5, 5.41) is 1.90. The number of aromatic nitrogens is 1. The Bertz CT molecular complexity index is 466. The lowest BCUT2D eigenvalue weighted by molar-refractivity contribution is 0.907. The van der Waals surface area contributed by atoms with Crippen LogP contribution < -0.4 is 5.73 Å². The van der Waals surface area contributed by atoms with Crippen LogP contribution in [0.4, 0.5) is 5.00 Å². The summed E-state index contributed by atoms with van der Waals surface area (Å²) in [5.74, 6) is 1.16. The first kappa shape index (κ1) is 12.5. The Labute approximate surface area is 110 Å². The smallest absolute Gasteiger partial charge is 0.125 e. The molecule has 2 N–H and O–H groups in total. The summed E-state index contributed by atoms with van der Waals surface area (Å²) in [4.78, 5) is 4.64. The Morgan fingerprint density at radius 3 is 2.76 bits per heavy atom. The molecule has 0 bridgehead atoms. The van der Waals surface area contributed by atoms with Gasteiger partial charge in [-0.2, -0.15) is 11.8 Å². The largest absolute Gasteiger partial charge is 0.389 e. The second-order valence-electron chi connectivity index (χ2n) is 3.79. The Balaban J connectivity index is 2.13. The van der Waals surface area contributed by atoms with Gasteiger partial charge in [-0.3, -0.25) is 0 Å². The number of thioether (sulfide) groups is 1. The lowest BCUT2D eigenvalue weighted by Crippen LogP contribution is -1.93. The highest BCUT2D eigenvalue weighted by atomic mass is 32.2. The van der Waals surface area contributed by atoms with Gasteiger partial charge in [0.15, 0.2) is 0 Å². The van der Waals surface area contributed by atoms with Gasteiger partial charge >= 0.3 is 0 Å². The minimum absolute atomic E-state index is 0.866. The van der Waals surface area contributed by atoms with E-state index in [-0.39, 0.29) is 0 Å². The Kier molecular flexibility index (Phi) is 4.45. The van der Waals surface area contributed by atoms with Gasteiger partial charge in [0.05, 0.1) is 5.69 Å². The van der Waals surface area contributed by atoms with Crippen molar-refractivity contribution >= 4 is 28.1 Å². The van der Waals surface area contributed by atoms with Crippen molar-refractivity contribution in [2.24, 2.45) is 0 Å². The highest BCUT2D eigenvalue weighted by Gasteiger charge is 2.09. The van der Waals surface area contributed by atoms with Crippen molar-refractivity contribution in [2.45, 2.75) is 12.8 Å². The molecule has 0 aliphatic carbocycles. The monoisotopic (exact) mass is 264 g/mol. The van der Waals surface area contributed by atoms with Crippen molar-refractivity contribution in [3.8, 4) is 10.6 Å². The van der Waals surface area contributed by atoms with E-state index in [1.807, 2.05) is 30.0 Å². The van der Waals surface area contributed by atoms with E-state index in [9.17, 15) is 0 Å². The number of nitrogen functional groups attached to an aromatic ring is 1. The fraction of sp³-hybridized carbons (Fsp3) is 0.308. The minimum atomic E-state index is 0.866. The van der Waals surface area contributed by atoms with E-state index in [4.69, 9.17) is 5.73 Å². The number of rotatable bonds is 5. The molecule has 0 aliphatic heterocycles. The first-order chi connectivity index (χ1) is 8.31. The van der Waals surface area contributed by atoms with E-state index < -0.39 is 0 Å². The highest BCUT2D eigenvalue weighted by Crippen LogP contribution is 2.30. The molecule has 1 heterocycles. The van der Waals surface area contributed by atoms with Crippen LogP contribution in [0.1, 0.15) is 12.1 Å². The SMILES string of the molecule is CSCCCc1nc(-c2ccccc2)sc1N. The van der Waals surface area contributed by atoms with Crippen LogP contribution in [0.5, 0.6) is 0 Å². The van der Waals surface area contributed by atoms with Gasteiger partial charge in [-0.15, -0.1) is 0 Å². The van der Waals surface area contributed by atoms with Crippen LogP contribution in [-0.2, 0) is 6.42 Å². The number of nitrogens with zero attached hydrogens (tertiary/aromatic N) is 1. The molecule has 0 fully saturated rings. The molecule has 0 spiro atoms. The summed E-state index contributed by atoms with van der Waals surface area (Å²) in [7, 11) is 0. The van der Waals surface area contributed by atoms with Crippen molar-refractivity contribution in [3.63, 3.8) is 0 Å². The maximum Gasteiger partial charge on any atom is 0.125 e. The zero-order chi connectivity index (χ0) is 12.1. The molecule has 0 saturated carbocycles. The highest BCUT2D eigenvalue weighted by molar-refractivity contribution is 7.98. The van der Waals surface area contributed by atoms with Gasteiger partial charge in [0.25, 0.3) is 0 Å². The number of aryl methyl sites for hydroxylation is 1. The maximum atomic E-state index is 6.01. The predicted molar refractivity (Wildman–Crippen MR) is 78.7 cm³/mol. The third-order valence-corrected chi connectivity index (χ3v) is 4.18. The molecule has 17 heavy (non-hydrogen) atoms. The molecule has 1 aromatic carbocycles. The molecular formula is C13H16N2S2. The summed E-state index contributed by atoms with van der Waals surface area (Å²) in [6.07, 6.45) is 4.25. The fourth-order valence-corrected chi connectivity index (χ4v) is 2.95. The van der Waals surface area contributed by atoms with Crippen molar-refractivity contribution in [2.75, 3.05) is 17.7 Å². The fourth-order valence-electron chi connectivity index (χ4n) is 1.63. The normalized spacial score (nSPS) is 10.6. The number of anilines is 1. The maximum absolute atomic E-state index is 6.01. The van der Waals surface area contributed by atoms with Crippen LogP contribution in [-0.4, -0.2) is 17.0 Å². The van der Waals surface area contributed by atoms with Gasteiger partial charge in [-0.1, -0.05) is 41.7 Å². The van der Waals surface area contributed by atoms with Crippen molar-refractivity contribution < 1.29 is 0 Å². The van der Waals surface area contributed by atoms with Gasteiger partial charge in [0.1, 0.15) is 10.0 Å². The lowest BCUT2D eigenvalue weighted by atomic mass is 10.2. The Morgan fingerprint density at radius 2 is 2.06 bits per heavy atom. The minimum Gasteiger partial charge on any atom is -0.389 e. The first-order valence-corrected chi connectivity index (χ1v) is 7.82. The zero-order valence-electron chi connectivity index (χ0n) is 9.85. The number of benzene rings is 1. The molecule has 4 heteroatoms. The van der Waals surface area contributed by atoms with Gasteiger partial charge in [-0.05, 0) is 24.9 Å². The number of nitrogens with two attached hydrogens (primary N) is 1. The van der Waals surface area contributed by atoms with Crippen molar-refractivity contribution in [1.82, 2.24) is 4.98 Å². The Hall–Kier alpha value is -1.00. The van der Waals surface area contributed by atoms with Gasteiger partial charge in [0, 0.05) is 5.56 Å². The molecule has 2 aromatic rings. The molecule has 2 nitrogen and oxygen atoms in total. The van der Waals surface area contributed by atoms with Crippen LogP contribution in [0.2, 0.25) is 0 Å². The van der Waals surface area contributed by atoms with Crippen molar-refractivity contribution in [1.29, 1.82) is 0 Å². The van der Waals surface area contributed by atoms with Gasteiger partial charge in [-0.25, -0.2) is 4.98 Å². The topological polar surface area (TPSA) is 38.9 Å². The number of hydrogen-bond acceptors (Lipinski definition) is 4. The van der Waals surface area contributed by atoms with E-state index in [0.717, 1.165) is 39.9 Å². The van der Waals surface area contributed by atoms with Gasteiger partial charge in [0.2, 0.25) is 0 Å². The zero-order valence-corrected chi connectivity index (χ0v) is 11.5.